The molecule has 1 fully saturated rings. The Kier molecular flexibility index (Phi) is 7.78. The van der Waals surface area contributed by atoms with Gasteiger partial charge in [-0.05, 0) is 76.2 Å². The van der Waals surface area contributed by atoms with Crippen molar-refractivity contribution < 1.29 is 9.53 Å². The molecule has 0 saturated carbocycles. The molecule has 2 aliphatic rings. The molecule has 1 saturated heterocycles. The number of rotatable bonds is 5. The average Bonchev–Trinajstić information content (AvgIpc) is 3.17. The molecule has 0 aliphatic carbocycles. The van der Waals surface area contributed by atoms with Crippen molar-refractivity contribution in [3.63, 3.8) is 0 Å². The summed E-state index contributed by atoms with van der Waals surface area (Å²) in [4.78, 5) is 26.7. The Morgan fingerprint density at radius 3 is 2.69 bits per heavy atom. The zero-order valence-electron chi connectivity index (χ0n) is 21.0. The second kappa shape index (κ2) is 10.7. The third kappa shape index (κ3) is 4.90. The van der Waals surface area contributed by atoms with Gasteiger partial charge in [0.25, 0.3) is 5.91 Å². The number of anilines is 2. The number of amides is 1. The van der Waals surface area contributed by atoms with Crippen molar-refractivity contribution in [1.29, 1.82) is 0 Å². The number of piperidine rings is 1. The van der Waals surface area contributed by atoms with Crippen LogP contribution in [0.4, 0.5) is 11.6 Å². The molecule has 8 nitrogen and oxygen atoms in total. The first-order valence-corrected chi connectivity index (χ1v) is 12.4. The van der Waals surface area contributed by atoms with Gasteiger partial charge in [-0.1, -0.05) is 11.6 Å². The lowest BCUT2D eigenvalue weighted by molar-refractivity contribution is 0.0659. The predicted octanol–water partition coefficient (Wildman–Crippen LogP) is 4.80. The first-order chi connectivity index (χ1) is 16.9. The van der Waals surface area contributed by atoms with Crippen molar-refractivity contribution in [3.05, 3.63) is 52.3 Å². The summed E-state index contributed by atoms with van der Waals surface area (Å²) < 4.78 is 7.72. The number of carbonyl (C=O) groups is 1. The number of aromatic nitrogens is 3. The monoisotopic (exact) mass is 530 g/mol. The van der Waals surface area contributed by atoms with E-state index in [0.717, 1.165) is 66.6 Å². The molecule has 0 atom stereocenters. The number of aryl methyl sites for hydroxylation is 2. The van der Waals surface area contributed by atoms with Crippen LogP contribution in [0.1, 0.15) is 34.3 Å². The summed E-state index contributed by atoms with van der Waals surface area (Å²) in [7, 11) is 5.61. The number of likely N-dealkylation sites (tertiary alicyclic amines) is 1. The molecule has 4 heterocycles. The molecule has 3 aromatic rings. The fraction of sp³-hybridized carbons (Fsp3) is 0.423. The largest absolute Gasteiger partial charge is 0.495 e. The van der Waals surface area contributed by atoms with Crippen LogP contribution in [0.3, 0.4) is 0 Å². The second-order valence-corrected chi connectivity index (χ2v) is 9.85. The standard InChI is InChI=1S/C26H31ClN6O2.ClH/c1-16-13-22(27)33-12-7-18-15-28-26(30-23(18)24(16)33)29-20-6-5-17(14-21(20)35-4)25(34)32(3)19-8-10-31(2)11-9-19;/h5-6,13-15,19H,7-12H2,1-4H3,(H,28,29,30);1H. The van der Waals surface area contributed by atoms with Crippen LogP contribution in [-0.4, -0.2) is 70.6 Å². The number of nitrogens with one attached hydrogen (secondary N) is 1. The van der Waals surface area contributed by atoms with Crippen LogP contribution >= 0.6 is 24.0 Å². The van der Waals surface area contributed by atoms with E-state index in [-0.39, 0.29) is 24.4 Å². The number of nitrogens with zero attached hydrogens (tertiary/aromatic N) is 5. The number of hydrogen-bond donors (Lipinski definition) is 1. The molecule has 2 aromatic heterocycles. The molecule has 5 rings (SSSR count). The van der Waals surface area contributed by atoms with Crippen LogP contribution in [0.25, 0.3) is 11.4 Å². The van der Waals surface area contributed by atoms with E-state index in [9.17, 15) is 4.79 Å². The molecule has 0 spiro atoms. The van der Waals surface area contributed by atoms with Crippen LogP contribution in [0, 0.1) is 6.92 Å². The third-order valence-corrected chi connectivity index (χ3v) is 7.49. The first kappa shape index (κ1) is 26.3. The second-order valence-electron chi connectivity index (χ2n) is 9.46. The van der Waals surface area contributed by atoms with Crippen molar-refractivity contribution in [2.24, 2.45) is 0 Å². The van der Waals surface area contributed by atoms with Gasteiger partial charge in [0, 0.05) is 37.0 Å². The Hall–Kier alpha value is -2.81. The maximum atomic E-state index is 13.2. The van der Waals surface area contributed by atoms with Crippen LogP contribution in [0.15, 0.2) is 30.5 Å². The third-order valence-electron chi connectivity index (χ3n) is 7.18. The van der Waals surface area contributed by atoms with Gasteiger partial charge in [-0.25, -0.2) is 9.97 Å². The smallest absolute Gasteiger partial charge is 0.253 e. The van der Waals surface area contributed by atoms with E-state index >= 15 is 0 Å². The summed E-state index contributed by atoms with van der Waals surface area (Å²) in [5, 5.41) is 4.00. The molecule has 10 heteroatoms. The topological polar surface area (TPSA) is 75.5 Å². The highest BCUT2D eigenvalue weighted by Crippen LogP contribution is 2.36. The Balaban J connectivity index is 0.00000304. The molecule has 2 aliphatic heterocycles. The first-order valence-electron chi connectivity index (χ1n) is 12.0. The molecule has 1 amide bonds. The summed E-state index contributed by atoms with van der Waals surface area (Å²) in [6.45, 7) is 4.88. The average molecular weight is 531 g/mol. The number of ether oxygens (including phenoxy) is 1. The lowest BCUT2D eigenvalue weighted by Gasteiger charge is -2.35. The number of hydrogen-bond acceptors (Lipinski definition) is 6. The Labute approximate surface area is 223 Å². The summed E-state index contributed by atoms with van der Waals surface area (Å²) in [5.74, 6) is 1.04. The van der Waals surface area contributed by atoms with Crippen molar-refractivity contribution in [1.82, 2.24) is 24.3 Å². The maximum Gasteiger partial charge on any atom is 0.253 e. The summed E-state index contributed by atoms with van der Waals surface area (Å²) in [5.41, 5.74) is 5.42. The minimum absolute atomic E-state index is 0. The van der Waals surface area contributed by atoms with E-state index in [4.69, 9.17) is 21.3 Å². The van der Waals surface area contributed by atoms with Crippen molar-refractivity contribution in [3.8, 4) is 17.1 Å². The highest BCUT2D eigenvalue weighted by Gasteiger charge is 2.26. The van der Waals surface area contributed by atoms with Gasteiger partial charge >= 0.3 is 0 Å². The molecule has 0 unspecified atom stereocenters. The van der Waals surface area contributed by atoms with Gasteiger partial charge in [0.15, 0.2) is 0 Å². The van der Waals surface area contributed by atoms with Crippen LogP contribution in [0.5, 0.6) is 5.75 Å². The molecule has 192 valence electrons. The van der Waals surface area contributed by atoms with Gasteiger partial charge in [-0.2, -0.15) is 0 Å². The minimum Gasteiger partial charge on any atom is -0.495 e. The van der Waals surface area contributed by atoms with E-state index in [0.29, 0.717) is 22.9 Å². The fourth-order valence-corrected chi connectivity index (χ4v) is 5.40. The van der Waals surface area contributed by atoms with E-state index in [1.54, 1.807) is 13.2 Å². The number of benzene rings is 1. The molecular weight excluding hydrogens is 499 g/mol. The Morgan fingerprint density at radius 1 is 1.22 bits per heavy atom. The SMILES string of the molecule is COc1cc(C(=O)N(C)C2CCN(C)CC2)ccc1Nc1ncc2c(n1)-c1c(C)cc(Cl)n1CC2.Cl. The van der Waals surface area contributed by atoms with Gasteiger partial charge < -0.3 is 24.4 Å². The minimum atomic E-state index is 0. The maximum absolute atomic E-state index is 13.2. The van der Waals surface area contributed by atoms with Gasteiger partial charge in [0.1, 0.15) is 10.9 Å². The summed E-state index contributed by atoms with van der Waals surface area (Å²) in [6.07, 6.45) is 4.68. The van der Waals surface area contributed by atoms with Crippen molar-refractivity contribution in [2.45, 2.75) is 38.8 Å². The van der Waals surface area contributed by atoms with Crippen LogP contribution in [0.2, 0.25) is 5.15 Å². The van der Waals surface area contributed by atoms with E-state index in [1.807, 2.05) is 43.3 Å². The normalized spacial score (nSPS) is 15.5. The summed E-state index contributed by atoms with van der Waals surface area (Å²) >= 11 is 6.41. The molecule has 1 aromatic carbocycles. The van der Waals surface area contributed by atoms with Gasteiger partial charge in [0.2, 0.25) is 5.95 Å². The highest BCUT2D eigenvalue weighted by molar-refractivity contribution is 6.30. The fourth-order valence-electron chi connectivity index (χ4n) is 5.06. The van der Waals surface area contributed by atoms with Gasteiger partial charge in [0.05, 0.1) is 24.2 Å². The lowest BCUT2D eigenvalue weighted by atomic mass is 10.0. The van der Waals surface area contributed by atoms with E-state index in [1.165, 1.54) is 0 Å². The van der Waals surface area contributed by atoms with E-state index < -0.39 is 0 Å². The molecular formula is C26H32Cl2N6O2. The Bertz CT molecular complexity index is 1270. The van der Waals surface area contributed by atoms with Gasteiger partial charge in [-0.15, -0.1) is 12.4 Å². The van der Waals surface area contributed by atoms with Crippen LogP contribution < -0.4 is 10.1 Å². The van der Waals surface area contributed by atoms with Gasteiger partial charge in [-0.3, -0.25) is 4.79 Å². The number of fused-ring (bicyclic) bond motifs is 3. The zero-order chi connectivity index (χ0) is 24.7. The van der Waals surface area contributed by atoms with Crippen molar-refractivity contribution >= 4 is 41.6 Å². The Morgan fingerprint density at radius 2 is 1.97 bits per heavy atom. The number of halogens is 2. The predicted molar refractivity (Wildman–Crippen MR) is 145 cm³/mol. The number of methoxy groups -OCH3 is 1. The molecule has 0 bridgehead atoms. The lowest BCUT2D eigenvalue weighted by Crippen LogP contribution is -2.44. The molecule has 36 heavy (non-hydrogen) atoms. The van der Waals surface area contributed by atoms with Crippen molar-refractivity contribution in [2.75, 3.05) is 39.6 Å². The van der Waals surface area contributed by atoms with E-state index in [2.05, 4.69) is 26.8 Å². The highest BCUT2D eigenvalue weighted by atomic mass is 35.5. The summed E-state index contributed by atoms with van der Waals surface area (Å²) in [6, 6.07) is 7.68. The molecule has 0 radical (unpaired) electrons. The zero-order valence-corrected chi connectivity index (χ0v) is 22.6. The van der Waals surface area contributed by atoms with Crippen LogP contribution in [-0.2, 0) is 13.0 Å². The molecule has 1 N–H and O–H groups in total. The number of carbonyl (C=O) groups excluding carboxylic acids is 1. The quantitative estimate of drug-likeness (QED) is 0.510.